The second kappa shape index (κ2) is 7.59. The van der Waals surface area contributed by atoms with Gasteiger partial charge in [0.1, 0.15) is 5.92 Å². The van der Waals surface area contributed by atoms with Crippen LogP contribution in [0, 0.1) is 6.92 Å². The molecule has 1 heterocycles. The lowest BCUT2D eigenvalue weighted by atomic mass is 9.94. The van der Waals surface area contributed by atoms with E-state index in [1.54, 1.807) is 47.2 Å². The van der Waals surface area contributed by atoms with Crippen LogP contribution in [0.15, 0.2) is 54.7 Å². The Labute approximate surface area is 167 Å². The second-order valence-electron chi connectivity index (χ2n) is 6.35. The second-order valence-corrected chi connectivity index (χ2v) is 7.16. The largest absolute Gasteiger partial charge is 0.369 e. The average molecular weight is 401 g/mol. The first-order valence-electron chi connectivity index (χ1n) is 8.33. The van der Waals surface area contributed by atoms with E-state index in [-0.39, 0.29) is 5.78 Å². The van der Waals surface area contributed by atoms with Crippen LogP contribution in [0.5, 0.6) is 0 Å². The van der Waals surface area contributed by atoms with Gasteiger partial charge >= 0.3 is 0 Å². The Hall–Kier alpha value is -2.56. The van der Waals surface area contributed by atoms with Gasteiger partial charge in [-0.2, -0.15) is 0 Å². The topological polar surface area (TPSA) is 65.1 Å². The van der Waals surface area contributed by atoms with Crippen LogP contribution in [0.2, 0.25) is 10.0 Å². The Morgan fingerprint density at radius 1 is 1.04 bits per heavy atom. The molecule has 0 aliphatic rings. The molecule has 3 rings (SSSR count). The molecule has 138 valence electrons. The van der Waals surface area contributed by atoms with E-state index < -0.39 is 11.8 Å². The molecule has 3 aromatic rings. The third-order valence-electron chi connectivity index (χ3n) is 4.44. The molecule has 27 heavy (non-hydrogen) atoms. The summed E-state index contributed by atoms with van der Waals surface area (Å²) in [5, 5.41) is 0.713. The zero-order chi connectivity index (χ0) is 19.7. The predicted molar refractivity (Wildman–Crippen MR) is 108 cm³/mol. The Morgan fingerprint density at radius 2 is 1.70 bits per heavy atom. The Kier molecular flexibility index (Phi) is 5.40. The van der Waals surface area contributed by atoms with Crippen molar-refractivity contribution in [2.24, 2.45) is 5.73 Å². The molecule has 0 bridgehead atoms. The molecule has 1 aromatic heterocycles. The van der Waals surface area contributed by atoms with Crippen molar-refractivity contribution < 1.29 is 9.59 Å². The fraction of sp³-hybridized carbons (Fsp3) is 0.143. The summed E-state index contributed by atoms with van der Waals surface area (Å²) >= 11 is 12.7. The minimum atomic E-state index is -0.860. The van der Waals surface area contributed by atoms with E-state index in [9.17, 15) is 9.59 Å². The highest BCUT2D eigenvalue weighted by Crippen LogP contribution is 2.37. The van der Waals surface area contributed by atoms with Gasteiger partial charge in [-0.05, 0) is 55.8 Å². The summed E-state index contributed by atoms with van der Waals surface area (Å²) < 4.78 is 1.79. The smallest absolute Gasteiger partial charge is 0.231 e. The number of rotatable bonds is 5. The highest BCUT2D eigenvalue weighted by molar-refractivity contribution is 6.36. The highest BCUT2D eigenvalue weighted by atomic mass is 35.5. The van der Waals surface area contributed by atoms with Crippen LogP contribution < -0.4 is 5.73 Å². The summed E-state index contributed by atoms with van der Waals surface area (Å²) in [5.41, 5.74) is 8.99. The van der Waals surface area contributed by atoms with Crippen LogP contribution in [0.25, 0.3) is 5.69 Å². The van der Waals surface area contributed by atoms with E-state index in [0.717, 1.165) is 5.56 Å². The van der Waals surface area contributed by atoms with E-state index in [0.29, 0.717) is 32.6 Å². The number of nitrogens with two attached hydrogens (primary N) is 1. The first-order chi connectivity index (χ1) is 12.8. The monoisotopic (exact) mass is 400 g/mol. The van der Waals surface area contributed by atoms with Crippen molar-refractivity contribution in [1.82, 2.24) is 4.57 Å². The number of Topliss-reactive ketones (excluding diaryl/α,β-unsaturated/α-hetero) is 1. The van der Waals surface area contributed by atoms with Crippen molar-refractivity contribution in [2.75, 3.05) is 0 Å². The van der Waals surface area contributed by atoms with Gasteiger partial charge in [0.05, 0.1) is 5.69 Å². The van der Waals surface area contributed by atoms with Crippen LogP contribution in [-0.4, -0.2) is 16.3 Å². The highest BCUT2D eigenvalue weighted by Gasteiger charge is 2.28. The number of carbonyl (C=O) groups excluding carboxylic acids is 2. The molecule has 6 heteroatoms. The zero-order valence-electron chi connectivity index (χ0n) is 14.9. The van der Waals surface area contributed by atoms with Gasteiger partial charge in [0.2, 0.25) is 5.91 Å². The van der Waals surface area contributed by atoms with Gasteiger partial charge in [-0.25, -0.2) is 0 Å². The van der Waals surface area contributed by atoms with Gasteiger partial charge in [0.25, 0.3) is 0 Å². The van der Waals surface area contributed by atoms with E-state index in [1.165, 1.54) is 6.92 Å². The van der Waals surface area contributed by atoms with Gasteiger partial charge in [0.15, 0.2) is 5.78 Å². The van der Waals surface area contributed by atoms with E-state index in [2.05, 4.69) is 0 Å². The number of amides is 1. The number of carbonyl (C=O) groups is 2. The van der Waals surface area contributed by atoms with Gasteiger partial charge in [-0.15, -0.1) is 0 Å². The Bertz CT molecular complexity index is 1020. The van der Waals surface area contributed by atoms with Gasteiger partial charge in [0, 0.05) is 33.1 Å². The van der Waals surface area contributed by atoms with Gasteiger partial charge in [-0.3, -0.25) is 9.59 Å². The standard InChI is InChI=1S/C21H18Cl2N2O2/c1-12-8-9-14(13(2)26)18(11-12)25-10-4-7-17(25)20(21(24)27)19-15(22)5-3-6-16(19)23/h3-11,20H,1-2H3,(H2,24,27). The molecular weight excluding hydrogens is 383 g/mol. The quantitative estimate of drug-likeness (QED) is 0.618. The number of primary amides is 1. The molecular formula is C21H18Cl2N2O2. The van der Waals surface area contributed by atoms with Gasteiger partial charge < -0.3 is 10.3 Å². The fourth-order valence-corrected chi connectivity index (χ4v) is 3.83. The molecule has 0 aliphatic heterocycles. The molecule has 1 amide bonds. The third-order valence-corrected chi connectivity index (χ3v) is 5.10. The average Bonchev–Trinajstić information content (AvgIpc) is 3.06. The number of ketones is 1. The molecule has 0 saturated heterocycles. The molecule has 0 fully saturated rings. The molecule has 4 nitrogen and oxygen atoms in total. The lowest BCUT2D eigenvalue weighted by Crippen LogP contribution is -2.25. The molecule has 2 N–H and O–H groups in total. The van der Waals surface area contributed by atoms with Crippen molar-refractivity contribution in [3.63, 3.8) is 0 Å². The van der Waals surface area contributed by atoms with Crippen molar-refractivity contribution in [3.8, 4) is 5.69 Å². The Morgan fingerprint density at radius 3 is 2.30 bits per heavy atom. The molecule has 0 spiro atoms. The summed E-state index contributed by atoms with van der Waals surface area (Å²) in [6.45, 7) is 3.45. The number of nitrogens with zero attached hydrogens (tertiary/aromatic N) is 1. The minimum absolute atomic E-state index is 0.0731. The number of hydrogen-bond donors (Lipinski definition) is 1. The first-order valence-corrected chi connectivity index (χ1v) is 9.09. The van der Waals surface area contributed by atoms with Crippen LogP contribution in [0.4, 0.5) is 0 Å². The zero-order valence-corrected chi connectivity index (χ0v) is 16.4. The maximum Gasteiger partial charge on any atom is 0.231 e. The normalized spacial score (nSPS) is 12.0. The van der Waals surface area contributed by atoms with Crippen molar-refractivity contribution in [2.45, 2.75) is 19.8 Å². The fourth-order valence-electron chi connectivity index (χ4n) is 3.21. The maximum absolute atomic E-state index is 12.4. The molecule has 1 unspecified atom stereocenters. The number of aromatic nitrogens is 1. The summed E-state index contributed by atoms with van der Waals surface area (Å²) in [6, 6.07) is 14.2. The number of hydrogen-bond acceptors (Lipinski definition) is 2. The van der Waals surface area contributed by atoms with E-state index >= 15 is 0 Å². The van der Waals surface area contributed by atoms with Crippen molar-refractivity contribution in [1.29, 1.82) is 0 Å². The maximum atomic E-state index is 12.4. The van der Waals surface area contributed by atoms with Gasteiger partial charge in [-0.1, -0.05) is 35.3 Å². The lowest BCUT2D eigenvalue weighted by molar-refractivity contribution is -0.118. The molecule has 2 aromatic carbocycles. The molecule has 0 saturated carbocycles. The minimum Gasteiger partial charge on any atom is -0.369 e. The Balaban J connectivity index is 2.27. The van der Waals surface area contributed by atoms with Crippen molar-refractivity contribution in [3.05, 3.63) is 87.2 Å². The first kappa shape index (κ1) is 19.2. The predicted octanol–water partition coefficient (Wildman–Crippen LogP) is 4.91. The third kappa shape index (κ3) is 3.64. The molecule has 0 radical (unpaired) electrons. The molecule has 1 atom stereocenters. The number of benzene rings is 2. The summed E-state index contributed by atoms with van der Waals surface area (Å²) in [4.78, 5) is 24.5. The summed E-state index contributed by atoms with van der Waals surface area (Å²) in [5.74, 6) is -1.51. The van der Waals surface area contributed by atoms with Crippen LogP contribution in [-0.2, 0) is 4.79 Å². The SMILES string of the molecule is CC(=O)c1ccc(C)cc1-n1cccc1C(C(N)=O)c1c(Cl)cccc1Cl. The van der Waals surface area contributed by atoms with E-state index in [1.807, 2.05) is 19.1 Å². The number of aryl methyl sites for hydroxylation is 1. The van der Waals surface area contributed by atoms with Crippen LogP contribution in [0.3, 0.4) is 0 Å². The van der Waals surface area contributed by atoms with Crippen LogP contribution in [0.1, 0.15) is 40.0 Å². The van der Waals surface area contributed by atoms with Crippen LogP contribution >= 0.6 is 23.2 Å². The molecule has 0 aliphatic carbocycles. The number of halogens is 2. The summed E-state index contributed by atoms with van der Waals surface area (Å²) in [7, 11) is 0. The lowest BCUT2D eigenvalue weighted by Gasteiger charge is -2.21. The summed E-state index contributed by atoms with van der Waals surface area (Å²) in [6.07, 6.45) is 1.79. The van der Waals surface area contributed by atoms with Crippen molar-refractivity contribution >= 4 is 34.9 Å². The van der Waals surface area contributed by atoms with E-state index in [4.69, 9.17) is 28.9 Å².